The molecule has 0 spiro atoms. The van der Waals surface area contributed by atoms with Crippen molar-refractivity contribution in [1.82, 2.24) is 5.32 Å². The van der Waals surface area contributed by atoms with E-state index in [0.717, 1.165) is 37.2 Å². The van der Waals surface area contributed by atoms with Crippen LogP contribution in [0.3, 0.4) is 0 Å². The Morgan fingerprint density at radius 2 is 2.05 bits per heavy atom. The number of benzene rings is 1. The first kappa shape index (κ1) is 18.3. The van der Waals surface area contributed by atoms with Crippen molar-refractivity contribution < 1.29 is 14.3 Å². The predicted octanol–water partition coefficient (Wildman–Crippen LogP) is 4.32. The topological polar surface area (TPSA) is 47.6 Å². The number of nitrogens with one attached hydrogen (secondary N) is 1. The number of unbranched alkanes of at least 4 members (excludes halogenated alkanes) is 1. The van der Waals surface area contributed by atoms with E-state index in [2.05, 4.69) is 12.2 Å². The SMILES string of the molecule is CCCCOc1cccc(C[C@@H](C)NC(=O)OC(C)(C)C)c1. The largest absolute Gasteiger partial charge is 0.494 e. The van der Waals surface area contributed by atoms with Crippen LogP contribution in [0, 0.1) is 0 Å². The van der Waals surface area contributed by atoms with Crippen LogP contribution in [0.1, 0.15) is 53.0 Å². The molecular formula is C18H29NO3. The minimum atomic E-state index is -0.475. The molecule has 0 aliphatic carbocycles. The van der Waals surface area contributed by atoms with E-state index in [0.29, 0.717) is 0 Å². The first-order valence-electron chi connectivity index (χ1n) is 8.01. The summed E-state index contributed by atoms with van der Waals surface area (Å²) in [5.41, 5.74) is 0.661. The maximum Gasteiger partial charge on any atom is 0.407 e. The van der Waals surface area contributed by atoms with Gasteiger partial charge >= 0.3 is 6.09 Å². The summed E-state index contributed by atoms with van der Waals surface area (Å²) in [6, 6.07) is 8.02. The van der Waals surface area contributed by atoms with E-state index in [9.17, 15) is 4.79 Å². The monoisotopic (exact) mass is 307 g/mol. The van der Waals surface area contributed by atoms with Gasteiger partial charge < -0.3 is 14.8 Å². The summed E-state index contributed by atoms with van der Waals surface area (Å²) in [5.74, 6) is 0.885. The van der Waals surface area contributed by atoms with Crippen molar-refractivity contribution in [3.05, 3.63) is 29.8 Å². The summed E-state index contributed by atoms with van der Waals surface area (Å²) >= 11 is 0. The number of amides is 1. The zero-order chi connectivity index (χ0) is 16.6. The van der Waals surface area contributed by atoms with Crippen LogP contribution in [0.15, 0.2) is 24.3 Å². The average Bonchev–Trinajstić information content (AvgIpc) is 2.36. The van der Waals surface area contributed by atoms with Gasteiger partial charge in [0.25, 0.3) is 0 Å². The third kappa shape index (κ3) is 7.91. The Morgan fingerprint density at radius 3 is 2.68 bits per heavy atom. The van der Waals surface area contributed by atoms with Crippen LogP contribution in [-0.4, -0.2) is 24.3 Å². The van der Waals surface area contributed by atoms with E-state index in [-0.39, 0.29) is 12.1 Å². The van der Waals surface area contributed by atoms with Gasteiger partial charge in [0.2, 0.25) is 0 Å². The van der Waals surface area contributed by atoms with Crippen molar-refractivity contribution >= 4 is 6.09 Å². The molecule has 4 nitrogen and oxygen atoms in total. The summed E-state index contributed by atoms with van der Waals surface area (Å²) < 4.78 is 11.0. The van der Waals surface area contributed by atoms with E-state index >= 15 is 0 Å². The van der Waals surface area contributed by atoms with Gasteiger partial charge in [-0.1, -0.05) is 25.5 Å². The highest BCUT2D eigenvalue weighted by Gasteiger charge is 2.17. The number of alkyl carbamates (subject to hydrolysis) is 1. The fraction of sp³-hybridized carbons (Fsp3) is 0.611. The molecule has 0 aromatic heterocycles. The van der Waals surface area contributed by atoms with Crippen LogP contribution < -0.4 is 10.1 Å². The number of rotatable bonds is 7. The van der Waals surface area contributed by atoms with E-state index in [4.69, 9.17) is 9.47 Å². The molecule has 1 aromatic rings. The van der Waals surface area contributed by atoms with Crippen molar-refractivity contribution in [1.29, 1.82) is 0 Å². The molecule has 22 heavy (non-hydrogen) atoms. The summed E-state index contributed by atoms with van der Waals surface area (Å²) in [4.78, 5) is 11.7. The van der Waals surface area contributed by atoms with Crippen LogP contribution >= 0.6 is 0 Å². The van der Waals surface area contributed by atoms with Crippen molar-refractivity contribution in [2.45, 2.75) is 65.5 Å². The molecule has 1 aromatic carbocycles. The molecule has 0 heterocycles. The van der Waals surface area contributed by atoms with Crippen LogP contribution in [-0.2, 0) is 11.2 Å². The third-order valence-electron chi connectivity index (χ3n) is 2.97. The maximum atomic E-state index is 11.7. The maximum absolute atomic E-state index is 11.7. The van der Waals surface area contributed by atoms with E-state index in [1.54, 1.807) is 0 Å². The molecule has 1 rings (SSSR count). The molecular weight excluding hydrogens is 278 g/mol. The molecule has 0 fully saturated rings. The number of hydrogen-bond donors (Lipinski definition) is 1. The number of carbonyl (C=O) groups excluding carboxylic acids is 1. The first-order valence-corrected chi connectivity index (χ1v) is 8.01. The van der Waals surface area contributed by atoms with E-state index in [1.807, 2.05) is 52.0 Å². The summed E-state index contributed by atoms with van der Waals surface area (Å²) in [7, 11) is 0. The van der Waals surface area contributed by atoms with Crippen molar-refractivity contribution in [2.75, 3.05) is 6.61 Å². The van der Waals surface area contributed by atoms with Gasteiger partial charge in [-0.3, -0.25) is 0 Å². The molecule has 0 radical (unpaired) electrons. The van der Waals surface area contributed by atoms with Gasteiger partial charge in [0.15, 0.2) is 0 Å². The Balaban J connectivity index is 2.48. The van der Waals surface area contributed by atoms with Gasteiger partial charge in [0.05, 0.1) is 6.61 Å². The molecule has 1 atom stereocenters. The molecule has 0 aliphatic rings. The predicted molar refractivity (Wildman–Crippen MR) is 89.4 cm³/mol. The second-order valence-electron chi connectivity index (χ2n) is 6.60. The Labute approximate surface area is 134 Å². The smallest absolute Gasteiger partial charge is 0.407 e. The van der Waals surface area contributed by atoms with Crippen LogP contribution in [0.5, 0.6) is 5.75 Å². The third-order valence-corrected chi connectivity index (χ3v) is 2.97. The highest BCUT2D eigenvalue weighted by Crippen LogP contribution is 2.15. The van der Waals surface area contributed by atoms with Crippen molar-refractivity contribution in [3.63, 3.8) is 0 Å². The second kappa shape index (κ2) is 8.66. The molecule has 0 saturated heterocycles. The summed E-state index contributed by atoms with van der Waals surface area (Å²) in [6.45, 7) is 10.4. The highest BCUT2D eigenvalue weighted by atomic mass is 16.6. The second-order valence-corrected chi connectivity index (χ2v) is 6.60. The zero-order valence-corrected chi connectivity index (χ0v) is 14.4. The summed E-state index contributed by atoms with van der Waals surface area (Å²) in [5, 5.41) is 2.85. The zero-order valence-electron chi connectivity index (χ0n) is 14.4. The van der Waals surface area contributed by atoms with Crippen LogP contribution in [0.2, 0.25) is 0 Å². The lowest BCUT2D eigenvalue weighted by atomic mass is 10.1. The number of carbonyl (C=O) groups is 1. The molecule has 1 amide bonds. The Hall–Kier alpha value is -1.71. The van der Waals surface area contributed by atoms with Gasteiger partial charge in [-0.15, -0.1) is 0 Å². The van der Waals surface area contributed by atoms with Gasteiger partial charge in [0.1, 0.15) is 11.4 Å². The fourth-order valence-corrected chi connectivity index (χ4v) is 2.01. The van der Waals surface area contributed by atoms with E-state index in [1.165, 1.54) is 0 Å². The Morgan fingerprint density at radius 1 is 1.32 bits per heavy atom. The molecule has 1 N–H and O–H groups in total. The lowest BCUT2D eigenvalue weighted by Crippen LogP contribution is -2.38. The molecule has 4 heteroatoms. The van der Waals surface area contributed by atoms with Crippen molar-refractivity contribution in [3.8, 4) is 5.75 Å². The van der Waals surface area contributed by atoms with Gasteiger partial charge in [-0.25, -0.2) is 4.79 Å². The van der Waals surface area contributed by atoms with Crippen LogP contribution in [0.25, 0.3) is 0 Å². The molecule has 0 aliphatic heterocycles. The Bertz CT molecular complexity index is 466. The summed E-state index contributed by atoms with van der Waals surface area (Å²) in [6.07, 6.45) is 2.54. The van der Waals surface area contributed by atoms with Gasteiger partial charge in [0, 0.05) is 6.04 Å². The minimum Gasteiger partial charge on any atom is -0.494 e. The normalized spacial score (nSPS) is 12.6. The lowest BCUT2D eigenvalue weighted by Gasteiger charge is -2.22. The van der Waals surface area contributed by atoms with Crippen molar-refractivity contribution in [2.24, 2.45) is 0 Å². The Kier molecular flexibility index (Phi) is 7.22. The van der Waals surface area contributed by atoms with Gasteiger partial charge in [-0.2, -0.15) is 0 Å². The molecule has 0 bridgehead atoms. The minimum absolute atomic E-state index is 0.000687. The standard InChI is InChI=1S/C18H29NO3/c1-6-7-11-21-16-10-8-9-15(13-16)12-14(2)19-17(20)22-18(3,4)5/h8-10,13-14H,6-7,11-12H2,1-5H3,(H,19,20)/t14-/m1/s1. The molecule has 124 valence electrons. The lowest BCUT2D eigenvalue weighted by molar-refractivity contribution is 0.0508. The fourth-order valence-electron chi connectivity index (χ4n) is 2.01. The average molecular weight is 307 g/mol. The van der Waals surface area contributed by atoms with Gasteiger partial charge in [-0.05, 0) is 58.2 Å². The van der Waals surface area contributed by atoms with Crippen LogP contribution in [0.4, 0.5) is 4.79 Å². The molecule has 0 unspecified atom stereocenters. The molecule has 0 saturated carbocycles. The highest BCUT2D eigenvalue weighted by molar-refractivity contribution is 5.68. The quantitative estimate of drug-likeness (QED) is 0.763. The number of hydrogen-bond acceptors (Lipinski definition) is 3. The number of ether oxygens (including phenoxy) is 2. The first-order chi connectivity index (χ1) is 10.3. The van der Waals surface area contributed by atoms with E-state index < -0.39 is 5.60 Å².